The predicted octanol–water partition coefficient (Wildman–Crippen LogP) is 1.72. The van der Waals surface area contributed by atoms with Crippen molar-refractivity contribution in [1.82, 2.24) is 10.2 Å². The first kappa shape index (κ1) is 13.8. The van der Waals surface area contributed by atoms with E-state index in [2.05, 4.69) is 5.32 Å². The summed E-state index contributed by atoms with van der Waals surface area (Å²) in [5.41, 5.74) is 0.629. The summed E-state index contributed by atoms with van der Waals surface area (Å²) in [4.78, 5) is 25.1. The lowest BCUT2D eigenvalue weighted by atomic mass is 10.1. The van der Waals surface area contributed by atoms with Crippen molar-refractivity contribution in [2.75, 3.05) is 6.54 Å². The third-order valence-corrected chi connectivity index (χ3v) is 3.51. The molecule has 1 aliphatic heterocycles. The van der Waals surface area contributed by atoms with Crippen molar-refractivity contribution >= 4 is 23.4 Å². The topological polar surface area (TPSA) is 49.4 Å². The van der Waals surface area contributed by atoms with Gasteiger partial charge in [-0.05, 0) is 24.1 Å². The lowest BCUT2D eigenvalue weighted by Crippen LogP contribution is -2.57. The van der Waals surface area contributed by atoms with E-state index in [1.807, 2.05) is 6.92 Å². The Hall–Kier alpha value is -1.62. The third kappa shape index (κ3) is 2.87. The van der Waals surface area contributed by atoms with Gasteiger partial charge in [0.2, 0.25) is 11.8 Å². The first-order chi connectivity index (χ1) is 9.02. The van der Waals surface area contributed by atoms with E-state index in [0.29, 0.717) is 12.0 Å². The van der Waals surface area contributed by atoms with Crippen LogP contribution < -0.4 is 5.32 Å². The summed E-state index contributed by atoms with van der Waals surface area (Å²) in [6, 6.07) is 3.52. The van der Waals surface area contributed by atoms with Crippen molar-refractivity contribution in [3.8, 4) is 0 Å². The first-order valence-electron chi connectivity index (χ1n) is 6.04. The summed E-state index contributed by atoms with van der Waals surface area (Å²) in [6.45, 7) is 2.04. The van der Waals surface area contributed by atoms with Crippen molar-refractivity contribution in [1.29, 1.82) is 0 Å². The molecule has 1 aromatic rings. The van der Waals surface area contributed by atoms with Crippen molar-refractivity contribution in [2.45, 2.75) is 25.9 Å². The molecule has 1 aromatic carbocycles. The van der Waals surface area contributed by atoms with Gasteiger partial charge in [0.25, 0.3) is 0 Å². The second-order valence-electron chi connectivity index (χ2n) is 4.40. The number of nitrogens with one attached hydrogen (secondary N) is 1. The molecule has 102 valence electrons. The molecule has 1 aliphatic rings. The minimum absolute atomic E-state index is 0.00581. The van der Waals surface area contributed by atoms with Gasteiger partial charge < -0.3 is 10.2 Å². The summed E-state index contributed by atoms with van der Waals surface area (Å²) in [5.74, 6) is -0.754. The molecular weight excluding hydrogens is 271 g/mol. The van der Waals surface area contributed by atoms with Crippen LogP contribution in [0.4, 0.5) is 4.39 Å². The van der Waals surface area contributed by atoms with E-state index >= 15 is 0 Å². The van der Waals surface area contributed by atoms with Crippen LogP contribution in [-0.4, -0.2) is 29.3 Å². The zero-order valence-corrected chi connectivity index (χ0v) is 11.2. The van der Waals surface area contributed by atoms with Crippen molar-refractivity contribution in [2.24, 2.45) is 0 Å². The fourth-order valence-electron chi connectivity index (χ4n) is 2.14. The second kappa shape index (κ2) is 5.57. The Morgan fingerprint density at radius 1 is 1.47 bits per heavy atom. The zero-order chi connectivity index (χ0) is 14.0. The number of rotatable bonds is 3. The van der Waals surface area contributed by atoms with Crippen LogP contribution >= 0.6 is 11.6 Å². The molecule has 19 heavy (non-hydrogen) atoms. The van der Waals surface area contributed by atoms with Gasteiger partial charge in [-0.3, -0.25) is 9.59 Å². The number of carbonyl (C=O) groups excluding carboxylic acids is 2. The highest BCUT2D eigenvalue weighted by Crippen LogP contribution is 2.21. The van der Waals surface area contributed by atoms with Gasteiger partial charge in [-0.15, -0.1) is 0 Å². The maximum absolute atomic E-state index is 13.0. The minimum atomic E-state index is -0.498. The number of amides is 2. The van der Waals surface area contributed by atoms with Gasteiger partial charge in [-0.1, -0.05) is 24.6 Å². The molecule has 4 nitrogen and oxygen atoms in total. The Kier molecular flexibility index (Phi) is 4.04. The standard InChI is InChI=1S/C13H14ClFN2O2/c1-2-11-13(19)16-6-12(18)17(11)7-8-3-4-9(15)5-10(8)14/h3-5,11H,2,6-7H2,1H3,(H,16,19). The number of hydrogen-bond donors (Lipinski definition) is 1. The molecule has 1 N–H and O–H groups in total. The third-order valence-electron chi connectivity index (χ3n) is 3.16. The van der Waals surface area contributed by atoms with Gasteiger partial charge in [0.1, 0.15) is 11.9 Å². The van der Waals surface area contributed by atoms with Crippen LogP contribution in [0.2, 0.25) is 5.02 Å². The molecule has 1 fully saturated rings. The number of hydrogen-bond acceptors (Lipinski definition) is 2. The Balaban J connectivity index is 2.23. The monoisotopic (exact) mass is 284 g/mol. The van der Waals surface area contributed by atoms with Crippen molar-refractivity contribution in [3.05, 3.63) is 34.6 Å². The molecule has 0 saturated carbocycles. The molecule has 1 atom stereocenters. The molecule has 1 unspecified atom stereocenters. The van der Waals surface area contributed by atoms with E-state index in [0.717, 1.165) is 0 Å². The molecule has 1 heterocycles. The van der Waals surface area contributed by atoms with Gasteiger partial charge >= 0.3 is 0 Å². The highest BCUT2D eigenvalue weighted by atomic mass is 35.5. The number of piperazine rings is 1. The van der Waals surface area contributed by atoms with E-state index in [1.165, 1.54) is 23.1 Å². The van der Waals surface area contributed by atoms with Gasteiger partial charge in [-0.25, -0.2) is 4.39 Å². The number of carbonyl (C=O) groups is 2. The molecule has 0 spiro atoms. The van der Waals surface area contributed by atoms with Gasteiger partial charge in [0, 0.05) is 11.6 Å². The number of halogens is 2. The quantitative estimate of drug-likeness (QED) is 0.919. The van der Waals surface area contributed by atoms with E-state index < -0.39 is 11.9 Å². The summed E-state index contributed by atoms with van der Waals surface area (Å²) in [6.07, 6.45) is 0.524. The van der Waals surface area contributed by atoms with Gasteiger partial charge in [0.15, 0.2) is 0 Å². The highest BCUT2D eigenvalue weighted by Gasteiger charge is 2.33. The summed E-state index contributed by atoms with van der Waals surface area (Å²) < 4.78 is 13.0. The maximum Gasteiger partial charge on any atom is 0.243 e. The number of benzene rings is 1. The molecular formula is C13H14ClFN2O2. The second-order valence-corrected chi connectivity index (χ2v) is 4.81. The first-order valence-corrected chi connectivity index (χ1v) is 6.41. The smallest absolute Gasteiger partial charge is 0.243 e. The number of nitrogens with zero attached hydrogens (tertiary/aromatic N) is 1. The molecule has 2 rings (SSSR count). The van der Waals surface area contributed by atoms with Crippen molar-refractivity contribution in [3.63, 3.8) is 0 Å². The fourth-order valence-corrected chi connectivity index (χ4v) is 2.36. The Bertz CT molecular complexity index is 521. The molecule has 0 radical (unpaired) electrons. The average molecular weight is 285 g/mol. The van der Waals surface area contributed by atoms with E-state index in [4.69, 9.17) is 11.6 Å². The van der Waals surface area contributed by atoms with Crippen LogP contribution in [0.15, 0.2) is 18.2 Å². The Morgan fingerprint density at radius 3 is 2.84 bits per heavy atom. The fraction of sp³-hybridized carbons (Fsp3) is 0.385. The Morgan fingerprint density at radius 2 is 2.21 bits per heavy atom. The molecule has 0 aromatic heterocycles. The molecule has 1 saturated heterocycles. The zero-order valence-electron chi connectivity index (χ0n) is 10.5. The largest absolute Gasteiger partial charge is 0.345 e. The van der Waals surface area contributed by atoms with Gasteiger partial charge in [-0.2, -0.15) is 0 Å². The average Bonchev–Trinajstić information content (AvgIpc) is 2.37. The van der Waals surface area contributed by atoms with E-state index in [-0.39, 0.29) is 29.9 Å². The lowest BCUT2D eigenvalue weighted by Gasteiger charge is -2.34. The van der Waals surface area contributed by atoms with Crippen LogP contribution in [0.5, 0.6) is 0 Å². The summed E-state index contributed by atoms with van der Waals surface area (Å²) in [5, 5.41) is 2.81. The highest BCUT2D eigenvalue weighted by molar-refractivity contribution is 6.31. The minimum Gasteiger partial charge on any atom is -0.345 e. The van der Waals surface area contributed by atoms with E-state index in [9.17, 15) is 14.0 Å². The van der Waals surface area contributed by atoms with Crippen molar-refractivity contribution < 1.29 is 14.0 Å². The van der Waals surface area contributed by atoms with Crippen LogP contribution in [-0.2, 0) is 16.1 Å². The van der Waals surface area contributed by atoms with E-state index in [1.54, 1.807) is 0 Å². The summed E-state index contributed by atoms with van der Waals surface area (Å²) in [7, 11) is 0. The predicted molar refractivity (Wildman–Crippen MR) is 69.0 cm³/mol. The lowest BCUT2D eigenvalue weighted by molar-refractivity contribution is -0.146. The van der Waals surface area contributed by atoms with Crippen LogP contribution in [0.25, 0.3) is 0 Å². The molecule has 0 aliphatic carbocycles. The van der Waals surface area contributed by atoms with Crippen LogP contribution in [0.1, 0.15) is 18.9 Å². The van der Waals surface area contributed by atoms with Crippen LogP contribution in [0.3, 0.4) is 0 Å². The maximum atomic E-state index is 13.0. The summed E-state index contributed by atoms with van der Waals surface area (Å²) >= 11 is 5.95. The molecule has 0 bridgehead atoms. The Labute approximate surface area is 115 Å². The molecule has 6 heteroatoms. The van der Waals surface area contributed by atoms with Gasteiger partial charge in [0.05, 0.1) is 6.54 Å². The molecule has 2 amide bonds. The van der Waals surface area contributed by atoms with Crippen LogP contribution in [0, 0.1) is 5.82 Å². The SMILES string of the molecule is CCC1C(=O)NCC(=O)N1Cc1ccc(F)cc1Cl. The normalized spacial score (nSPS) is 19.5.